The highest BCUT2D eigenvalue weighted by atomic mass is 35.5. The Labute approximate surface area is 118 Å². The number of rotatable bonds is 3. The first kappa shape index (κ1) is 14.0. The second kappa shape index (κ2) is 5.72. The summed E-state index contributed by atoms with van der Waals surface area (Å²) in [4.78, 5) is 0. The standard InChI is InChI=1S/C16H17ClFN/c1-10-4-3-5-11(2)16(10)15(19)9-12-6-7-14(18)13(17)8-12/h3-8,15H,9,19H2,1-2H3. The molecule has 0 aliphatic heterocycles. The van der Waals surface area contributed by atoms with Gasteiger partial charge < -0.3 is 5.73 Å². The number of hydrogen-bond donors (Lipinski definition) is 1. The molecule has 3 heteroatoms. The first-order valence-electron chi connectivity index (χ1n) is 6.24. The molecule has 0 radical (unpaired) electrons. The Hall–Kier alpha value is -1.38. The van der Waals surface area contributed by atoms with E-state index in [4.69, 9.17) is 17.3 Å². The van der Waals surface area contributed by atoms with E-state index in [0.29, 0.717) is 6.42 Å². The van der Waals surface area contributed by atoms with Crippen molar-refractivity contribution in [2.24, 2.45) is 5.73 Å². The summed E-state index contributed by atoms with van der Waals surface area (Å²) in [6.07, 6.45) is 0.645. The highest BCUT2D eigenvalue weighted by Crippen LogP contribution is 2.25. The number of benzene rings is 2. The molecule has 2 N–H and O–H groups in total. The molecule has 0 aliphatic carbocycles. The molecule has 0 aliphatic rings. The van der Waals surface area contributed by atoms with Crippen LogP contribution in [0.25, 0.3) is 0 Å². The van der Waals surface area contributed by atoms with E-state index in [1.807, 2.05) is 6.07 Å². The van der Waals surface area contributed by atoms with Gasteiger partial charge >= 0.3 is 0 Å². The Morgan fingerprint density at radius 1 is 1.16 bits per heavy atom. The highest BCUT2D eigenvalue weighted by molar-refractivity contribution is 6.30. The Morgan fingerprint density at radius 2 is 1.79 bits per heavy atom. The van der Waals surface area contributed by atoms with Crippen LogP contribution >= 0.6 is 11.6 Å². The van der Waals surface area contributed by atoms with Crippen LogP contribution in [0.1, 0.15) is 28.3 Å². The third kappa shape index (κ3) is 3.14. The lowest BCUT2D eigenvalue weighted by atomic mass is 9.92. The van der Waals surface area contributed by atoms with Crippen molar-refractivity contribution in [3.8, 4) is 0 Å². The molecule has 0 aromatic heterocycles. The maximum Gasteiger partial charge on any atom is 0.141 e. The Kier molecular flexibility index (Phi) is 4.23. The third-order valence-electron chi connectivity index (χ3n) is 3.35. The summed E-state index contributed by atoms with van der Waals surface area (Å²) < 4.78 is 13.1. The lowest BCUT2D eigenvalue weighted by Gasteiger charge is -2.17. The fraction of sp³-hybridized carbons (Fsp3) is 0.250. The molecule has 0 heterocycles. The molecule has 0 spiro atoms. The smallest absolute Gasteiger partial charge is 0.141 e. The Balaban J connectivity index is 2.25. The number of halogens is 2. The maximum absolute atomic E-state index is 13.1. The van der Waals surface area contributed by atoms with E-state index in [2.05, 4.69) is 26.0 Å². The zero-order valence-corrected chi connectivity index (χ0v) is 11.8. The molecule has 2 aromatic rings. The van der Waals surface area contributed by atoms with Crippen LogP contribution in [-0.4, -0.2) is 0 Å². The second-order valence-electron chi connectivity index (χ2n) is 4.86. The molecular formula is C16H17ClFN. The molecule has 0 amide bonds. The maximum atomic E-state index is 13.1. The van der Waals surface area contributed by atoms with E-state index in [1.165, 1.54) is 17.2 Å². The summed E-state index contributed by atoms with van der Waals surface area (Å²) in [5.74, 6) is -0.397. The largest absolute Gasteiger partial charge is 0.324 e. The molecule has 2 aromatic carbocycles. The van der Waals surface area contributed by atoms with Gasteiger partial charge in [0, 0.05) is 6.04 Å². The summed E-state index contributed by atoms with van der Waals surface area (Å²) in [5, 5.41) is 0.145. The summed E-state index contributed by atoms with van der Waals surface area (Å²) in [7, 11) is 0. The normalized spacial score (nSPS) is 12.5. The van der Waals surface area contributed by atoms with E-state index < -0.39 is 5.82 Å². The van der Waals surface area contributed by atoms with Crippen LogP contribution in [-0.2, 0) is 6.42 Å². The van der Waals surface area contributed by atoms with Crippen LogP contribution in [0.5, 0.6) is 0 Å². The fourth-order valence-electron chi connectivity index (χ4n) is 2.43. The quantitative estimate of drug-likeness (QED) is 0.887. The van der Waals surface area contributed by atoms with Gasteiger partial charge in [-0.05, 0) is 54.7 Å². The molecule has 1 unspecified atom stereocenters. The zero-order valence-electron chi connectivity index (χ0n) is 11.1. The number of nitrogens with two attached hydrogens (primary N) is 1. The van der Waals surface area contributed by atoms with Crippen LogP contribution in [0.2, 0.25) is 5.02 Å². The highest BCUT2D eigenvalue weighted by Gasteiger charge is 2.13. The lowest BCUT2D eigenvalue weighted by molar-refractivity contribution is 0.626. The average Bonchev–Trinajstić information content (AvgIpc) is 2.33. The van der Waals surface area contributed by atoms with Crippen LogP contribution in [0, 0.1) is 19.7 Å². The molecule has 0 saturated carbocycles. The molecule has 1 nitrogen and oxygen atoms in total. The van der Waals surface area contributed by atoms with Crippen molar-refractivity contribution < 1.29 is 4.39 Å². The Bertz CT molecular complexity index is 575. The minimum absolute atomic E-state index is 0.109. The van der Waals surface area contributed by atoms with Crippen molar-refractivity contribution in [2.75, 3.05) is 0 Å². The van der Waals surface area contributed by atoms with Crippen molar-refractivity contribution >= 4 is 11.6 Å². The zero-order chi connectivity index (χ0) is 14.0. The van der Waals surface area contributed by atoms with Crippen molar-refractivity contribution in [1.29, 1.82) is 0 Å². The lowest BCUT2D eigenvalue weighted by Crippen LogP contribution is -2.16. The predicted octanol–water partition coefficient (Wildman–Crippen LogP) is 4.34. The predicted molar refractivity (Wildman–Crippen MR) is 78.0 cm³/mol. The SMILES string of the molecule is Cc1cccc(C)c1C(N)Cc1ccc(F)c(Cl)c1. The van der Waals surface area contributed by atoms with Crippen LogP contribution in [0.3, 0.4) is 0 Å². The molecule has 1 atom stereocenters. The fourth-order valence-corrected chi connectivity index (χ4v) is 2.64. The molecule has 19 heavy (non-hydrogen) atoms. The van der Waals surface area contributed by atoms with E-state index in [1.54, 1.807) is 12.1 Å². The van der Waals surface area contributed by atoms with Crippen molar-refractivity contribution in [2.45, 2.75) is 26.3 Å². The number of hydrogen-bond acceptors (Lipinski definition) is 1. The van der Waals surface area contributed by atoms with E-state index in [9.17, 15) is 4.39 Å². The second-order valence-corrected chi connectivity index (χ2v) is 5.27. The minimum Gasteiger partial charge on any atom is -0.324 e. The van der Waals surface area contributed by atoms with Gasteiger partial charge in [0.25, 0.3) is 0 Å². The van der Waals surface area contributed by atoms with E-state index in [-0.39, 0.29) is 11.1 Å². The van der Waals surface area contributed by atoms with Crippen molar-refractivity contribution in [1.82, 2.24) is 0 Å². The minimum atomic E-state index is -0.397. The monoisotopic (exact) mass is 277 g/mol. The van der Waals surface area contributed by atoms with Gasteiger partial charge in [0.05, 0.1) is 5.02 Å². The molecule has 0 bridgehead atoms. The third-order valence-corrected chi connectivity index (χ3v) is 3.64. The first-order chi connectivity index (χ1) is 8.99. The van der Waals surface area contributed by atoms with E-state index >= 15 is 0 Å². The molecule has 0 saturated heterocycles. The number of aryl methyl sites for hydroxylation is 2. The molecular weight excluding hydrogens is 261 g/mol. The summed E-state index contributed by atoms with van der Waals surface area (Å²) in [5.41, 5.74) is 10.7. The topological polar surface area (TPSA) is 26.0 Å². The van der Waals surface area contributed by atoms with Crippen LogP contribution in [0.15, 0.2) is 36.4 Å². The van der Waals surface area contributed by atoms with Gasteiger partial charge in [0.15, 0.2) is 0 Å². The van der Waals surface area contributed by atoms with Gasteiger partial charge in [-0.1, -0.05) is 35.9 Å². The summed E-state index contributed by atoms with van der Waals surface area (Å²) in [6, 6.07) is 10.8. The van der Waals surface area contributed by atoms with Crippen molar-refractivity contribution in [3.05, 3.63) is 69.5 Å². The van der Waals surface area contributed by atoms with Gasteiger partial charge in [-0.25, -0.2) is 4.39 Å². The molecule has 100 valence electrons. The van der Waals surface area contributed by atoms with Gasteiger partial charge in [-0.3, -0.25) is 0 Å². The first-order valence-corrected chi connectivity index (χ1v) is 6.62. The van der Waals surface area contributed by atoms with Crippen LogP contribution in [0.4, 0.5) is 4.39 Å². The average molecular weight is 278 g/mol. The van der Waals surface area contributed by atoms with E-state index in [0.717, 1.165) is 11.1 Å². The molecule has 2 rings (SSSR count). The van der Waals surface area contributed by atoms with Gasteiger partial charge in [-0.15, -0.1) is 0 Å². The van der Waals surface area contributed by atoms with Crippen molar-refractivity contribution in [3.63, 3.8) is 0 Å². The summed E-state index contributed by atoms with van der Waals surface area (Å²) >= 11 is 5.79. The Morgan fingerprint density at radius 3 is 2.37 bits per heavy atom. The van der Waals surface area contributed by atoms with Gasteiger partial charge in [0.2, 0.25) is 0 Å². The molecule has 0 fully saturated rings. The van der Waals surface area contributed by atoms with Gasteiger partial charge in [-0.2, -0.15) is 0 Å². The van der Waals surface area contributed by atoms with Crippen LogP contribution < -0.4 is 5.73 Å². The summed E-state index contributed by atoms with van der Waals surface area (Å²) in [6.45, 7) is 4.11. The van der Waals surface area contributed by atoms with Gasteiger partial charge in [0.1, 0.15) is 5.82 Å².